The third-order valence-corrected chi connectivity index (χ3v) is 2.95. The fourth-order valence-corrected chi connectivity index (χ4v) is 2.14. The lowest BCUT2D eigenvalue weighted by Crippen LogP contribution is -2.35. The lowest BCUT2D eigenvalue weighted by Gasteiger charge is -2.20. The lowest BCUT2D eigenvalue weighted by molar-refractivity contribution is 0.138. The first-order valence-corrected chi connectivity index (χ1v) is 6.31. The van der Waals surface area contributed by atoms with E-state index >= 15 is 0 Å². The molecule has 2 nitrogen and oxygen atoms in total. The fourth-order valence-electron chi connectivity index (χ4n) is 2.14. The molecule has 0 radical (unpaired) electrons. The zero-order chi connectivity index (χ0) is 12.7. The number of hydrogen-bond acceptors (Lipinski definition) is 2. The summed E-state index contributed by atoms with van der Waals surface area (Å²) in [6.45, 7) is 11.8. The minimum absolute atomic E-state index is 0.0432. The van der Waals surface area contributed by atoms with Gasteiger partial charge in [-0.3, -0.25) is 0 Å². The van der Waals surface area contributed by atoms with Crippen molar-refractivity contribution in [2.45, 2.75) is 58.7 Å². The van der Waals surface area contributed by atoms with Gasteiger partial charge in [-0.1, -0.05) is 12.1 Å². The van der Waals surface area contributed by atoms with Gasteiger partial charge in [-0.05, 0) is 51.8 Å². The Labute approximate surface area is 104 Å². The van der Waals surface area contributed by atoms with E-state index in [4.69, 9.17) is 4.74 Å². The van der Waals surface area contributed by atoms with Crippen molar-refractivity contribution in [1.82, 2.24) is 5.32 Å². The van der Waals surface area contributed by atoms with Crippen molar-refractivity contribution in [2.24, 2.45) is 0 Å². The van der Waals surface area contributed by atoms with Crippen LogP contribution in [0.5, 0.6) is 5.75 Å². The van der Waals surface area contributed by atoms with Gasteiger partial charge in [0.2, 0.25) is 0 Å². The van der Waals surface area contributed by atoms with Crippen molar-refractivity contribution < 1.29 is 4.74 Å². The summed E-state index contributed by atoms with van der Waals surface area (Å²) in [6.07, 6.45) is 1.01. The second kappa shape index (κ2) is 4.02. The van der Waals surface area contributed by atoms with Crippen molar-refractivity contribution in [3.05, 3.63) is 29.3 Å². The summed E-state index contributed by atoms with van der Waals surface area (Å²) in [5.41, 5.74) is 2.79. The van der Waals surface area contributed by atoms with Gasteiger partial charge >= 0.3 is 0 Å². The molecule has 1 heterocycles. The van der Waals surface area contributed by atoms with Gasteiger partial charge in [-0.15, -0.1) is 0 Å². The van der Waals surface area contributed by atoms with Gasteiger partial charge in [0.15, 0.2) is 0 Å². The quantitative estimate of drug-likeness (QED) is 0.846. The third-order valence-electron chi connectivity index (χ3n) is 2.95. The molecule has 0 spiro atoms. The standard InChI is InChI=1S/C15H23NO/c1-14(2,3)16-10-11-6-7-13-12(8-11)9-15(4,5)17-13/h6-8,16H,9-10H2,1-5H3. The van der Waals surface area contributed by atoms with Crippen LogP contribution in [0.2, 0.25) is 0 Å². The molecule has 0 saturated heterocycles. The van der Waals surface area contributed by atoms with Crippen molar-refractivity contribution in [1.29, 1.82) is 0 Å². The highest BCUT2D eigenvalue weighted by molar-refractivity contribution is 5.41. The monoisotopic (exact) mass is 233 g/mol. The topological polar surface area (TPSA) is 21.3 Å². The Hall–Kier alpha value is -1.02. The first-order valence-electron chi connectivity index (χ1n) is 6.31. The minimum Gasteiger partial charge on any atom is -0.487 e. The predicted octanol–water partition coefficient (Wildman–Crippen LogP) is 3.29. The molecular weight excluding hydrogens is 210 g/mol. The number of nitrogens with one attached hydrogen (secondary N) is 1. The summed E-state index contributed by atoms with van der Waals surface area (Å²) in [5, 5.41) is 3.51. The maximum atomic E-state index is 5.87. The van der Waals surface area contributed by atoms with Crippen LogP contribution in [0, 0.1) is 0 Å². The smallest absolute Gasteiger partial charge is 0.123 e. The van der Waals surface area contributed by atoms with E-state index in [0.717, 1.165) is 18.7 Å². The SMILES string of the molecule is CC(C)(C)NCc1ccc2c(c1)CC(C)(C)O2. The third kappa shape index (κ3) is 3.22. The highest BCUT2D eigenvalue weighted by Crippen LogP contribution is 2.35. The molecule has 0 fully saturated rings. The molecule has 1 aliphatic heterocycles. The molecule has 94 valence electrons. The Morgan fingerprint density at radius 2 is 2.00 bits per heavy atom. The highest BCUT2D eigenvalue weighted by atomic mass is 16.5. The van der Waals surface area contributed by atoms with Crippen LogP contribution >= 0.6 is 0 Å². The molecule has 1 aliphatic rings. The average molecular weight is 233 g/mol. The number of fused-ring (bicyclic) bond motifs is 1. The second-order valence-electron chi connectivity index (χ2n) is 6.58. The Balaban J connectivity index is 2.09. The Bertz CT molecular complexity index is 415. The minimum atomic E-state index is -0.0432. The molecule has 0 amide bonds. The number of benzene rings is 1. The van der Waals surface area contributed by atoms with Crippen molar-refractivity contribution in [3.63, 3.8) is 0 Å². The molecule has 17 heavy (non-hydrogen) atoms. The summed E-state index contributed by atoms with van der Waals surface area (Å²) < 4.78 is 5.87. The molecule has 0 bridgehead atoms. The highest BCUT2D eigenvalue weighted by Gasteiger charge is 2.29. The second-order valence-corrected chi connectivity index (χ2v) is 6.58. The van der Waals surface area contributed by atoms with Crippen LogP contribution in [-0.4, -0.2) is 11.1 Å². The van der Waals surface area contributed by atoms with E-state index < -0.39 is 0 Å². The summed E-state index contributed by atoms with van der Waals surface area (Å²) in [7, 11) is 0. The molecule has 0 unspecified atom stereocenters. The van der Waals surface area contributed by atoms with Crippen LogP contribution in [0.3, 0.4) is 0 Å². The molecule has 2 heteroatoms. The average Bonchev–Trinajstić information content (AvgIpc) is 2.46. The van der Waals surface area contributed by atoms with Crippen molar-refractivity contribution in [2.75, 3.05) is 0 Å². The van der Waals surface area contributed by atoms with Crippen molar-refractivity contribution >= 4 is 0 Å². The zero-order valence-electron chi connectivity index (χ0n) is 11.6. The van der Waals surface area contributed by atoms with E-state index in [2.05, 4.69) is 58.1 Å². The Kier molecular flexibility index (Phi) is 2.94. The Morgan fingerprint density at radius 1 is 1.29 bits per heavy atom. The van der Waals surface area contributed by atoms with Gasteiger partial charge in [-0.25, -0.2) is 0 Å². The fraction of sp³-hybridized carbons (Fsp3) is 0.600. The summed E-state index contributed by atoms with van der Waals surface area (Å²) in [6, 6.07) is 6.52. The summed E-state index contributed by atoms with van der Waals surface area (Å²) in [5.74, 6) is 1.05. The zero-order valence-corrected chi connectivity index (χ0v) is 11.6. The summed E-state index contributed by atoms with van der Waals surface area (Å²) in [4.78, 5) is 0. The van der Waals surface area contributed by atoms with E-state index in [1.807, 2.05) is 0 Å². The van der Waals surface area contributed by atoms with Crippen LogP contribution in [-0.2, 0) is 13.0 Å². The van der Waals surface area contributed by atoms with Gasteiger partial charge < -0.3 is 10.1 Å². The predicted molar refractivity (Wildman–Crippen MR) is 71.4 cm³/mol. The van der Waals surface area contributed by atoms with Gasteiger partial charge in [0.05, 0.1) is 0 Å². The lowest BCUT2D eigenvalue weighted by atomic mass is 10.00. The molecule has 1 N–H and O–H groups in total. The van der Waals surface area contributed by atoms with Crippen LogP contribution in [0.15, 0.2) is 18.2 Å². The summed E-state index contributed by atoms with van der Waals surface area (Å²) >= 11 is 0. The van der Waals surface area contributed by atoms with Crippen LogP contribution in [0.1, 0.15) is 45.7 Å². The number of rotatable bonds is 2. The van der Waals surface area contributed by atoms with Crippen molar-refractivity contribution in [3.8, 4) is 5.75 Å². The molecular formula is C15H23NO. The van der Waals surface area contributed by atoms with Crippen LogP contribution in [0.4, 0.5) is 0 Å². The molecule has 1 aromatic rings. The van der Waals surface area contributed by atoms with Gasteiger partial charge in [0.25, 0.3) is 0 Å². The molecule has 0 aliphatic carbocycles. The largest absolute Gasteiger partial charge is 0.487 e. The van der Waals surface area contributed by atoms with E-state index in [1.165, 1.54) is 11.1 Å². The normalized spacial score (nSPS) is 17.7. The molecule has 1 aromatic carbocycles. The molecule has 0 aromatic heterocycles. The first-order chi connectivity index (χ1) is 7.75. The molecule has 2 rings (SSSR count). The maximum Gasteiger partial charge on any atom is 0.123 e. The Morgan fingerprint density at radius 3 is 2.65 bits per heavy atom. The van der Waals surface area contributed by atoms with Gasteiger partial charge in [0.1, 0.15) is 11.4 Å². The molecule has 0 atom stereocenters. The number of ether oxygens (including phenoxy) is 1. The first kappa shape index (κ1) is 12.4. The molecule has 0 saturated carbocycles. The van der Waals surface area contributed by atoms with E-state index in [-0.39, 0.29) is 11.1 Å². The van der Waals surface area contributed by atoms with Gasteiger partial charge in [-0.2, -0.15) is 0 Å². The van der Waals surface area contributed by atoms with E-state index in [0.29, 0.717) is 0 Å². The van der Waals surface area contributed by atoms with Gasteiger partial charge in [0, 0.05) is 18.5 Å². The number of hydrogen-bond donors (Lipinski definition) is 1. The maximum absolute atomic E-state index is 5.87. The van der Waals surface area contributed by atoms with Crippen LogP contribution < -0.4 is 10.1 Å². The van der Waals surface area contributed by atoms with Crippen LogP contribution in [0.25, 0.3) is 0 Å². The van der Waals surface area contributed by atoms with E-state index in [1.54, 1.807) is 0 Å². The van der Waals surface area contributed by atoms with E-state index in [9.17, 15) is 0 Å².